The van der Waals surface area contributed by atoms with E-state index in [-0.39, 0.29) is 18.2 Å². The van der Waals surface area contributed by atoms with E-state index in [1.807, 2.05) is 56.3 Å². The number of likely N-dealkylation sites (N-methyl/N-ethyl adjacent to an activating group) is 1. The van der Waals surface area contributed by atoms with Crippen LogP contribution in [-0.4, -0.2) is 29.8 Å². The number of nitrogens with zero attached hydrogens (tertiary/aromatic N) is 1. The molecule has 0 aliphatic carbocycles. The van der Waals surface area contributed by atoms with Gasteiger partial charge in [0.1, 0.15) is 6.04 Å². The first-order valence-electron chi connectivity index (χ1n) is 8.63. The fraction of sp³-hybridized carbons (Fsp3) is 0.333. The molecule has 1 N–H and O–H groups in total. The van der Waals surface area contributed by atoms with Gasteiger partial charge in [0.2, 0.25) is 11.8 Å². The van der Waals surface area contributed by atoms with Crippen LogP contribution in [0.2, 0.25) is 0 Å². The fourth-order valence-electron chi connectivity index (χ4n) is 2.81. The standard InChI is InChI=1S/C21H25BrN2O2/c1-14-8-9-17(10-15(14)2)12-20(25)24(16(3)21(26)23-4)13-18-6-5-7-19(22)11-18/h5-11,16H,12-13H2,1-4H3,(H,23,26). The van der Waals surface area contributed by atoms with Crippen molar-refractivity contribution in [1.82, 2.24) is 10.2 Å². The van der Waals surface area contributed by atoms with Crippen LogP contribution < -0.4 is 5.32 Å². The summed E-state index contributed by atoms with van der Waals surface area (Å²) in [6, 6.07) is 13.3. The molecular weight excluding hydrogens is 392 g/mol. The molecule has 1 unspecified atom stereocenters. The van der Waals surface area contributed by atoms with E-state index in [0.29, 0.717) is 6.54 Å². The number of halogens is 1. The van der Waals surface area contributed by atoms with Crippen molar-refractivity contribution >= 4 is 27.7 Å². The summed E-state index contributed by atoms with van der Waals surface area (Å²) in [5.41, 5.74) is 4.30. The van der Waals surface area contributed by atoms with E-state index in [2.05, 4.69) is 21.2 Å². The van der Waals surface area contributed by atoms with Crippen molar-refractivity contribution in [3.8, 4) is 0 Å². The number of benzene rings is 2. The molecule has 0 bridgehead atoms. The lowest BCUT2D eigenvalue weighted by Crippen LogP contribution is -2.47. The van der Waals surface area contributed by atoms with Crippen molar-refractivity contribution in [3.63, 3.8) is 0 Å². The maximum Gasteiger partial charge on any atom is 0.242 e. The summed E-state index contributed by atoms with van der Waals surface area (Å²) in [7, 11) is 1.59. The summed E-state index contributed by atoms with van der Waals surface area (Å²) in [4.78, 5) is 26.8. The number of nitrogens with one attached hydrogen (secondary N) is 1. The van der Waals surface area contributed by atoms with Gasteiger partial charge in [-0.3, -0.25) is 9.59 Å². The third-order valence-electron chi connectivity index (χ3n) is 4.58. The Balaban J connectivity index is 2.25. The predicted octanol–water partition coefficient (Wildman–Crippen LogP) is 3.77. The van der Waals surface area contributed by atoms with Crippen LogP contribution in [0.25, 0.3) is 0 Å². The topological polar surface area (TPSA) is 49.4 Å². The Labute approximate surface area is 163 Å². The van der Waals surface area contributed by atoms with Crippen LogP contribution in [0.15, 0.2) is 46.9 Å². The van der Waals surface area contributed by atoms with E-state index >= 15 is 0 Å². The van der Waals surface area contributed by atoms with Crippen molar-refractivity contribution in [2.75, 3.05) is 7.05 Å². The van der Waals surface area contributed by atoms with Crippen molar-refractivity contribution in [1.29, 1.82) is 0 Å². The zero-order valence-corrected chi connectivity index (χ0v) is 17.3. The van der Waals surface area contributed by atoms with Gasteiger partial charge in [-0.05, 0) is 55.2 Å². The summed E-state index contributed by atoms with van der Waals surface area (Å²) in [6.07, 6.45) is 0.274. The highest BCUT2D eigenvalue weighted by Crippen LogP contribution is 2.17. The third kappa shape index (κ3) is 5.18. The number of carbonyl (C=O) groups is 2. The highest BCUT2D eigenvalue weighted by molar-refractivity contribution is 9.10. The summed E-state index contributed by atoms with van der Waals surface area (Å²) in [5, 5.41) is 2.64. The first-order valence-corrected chi connectivity index (χ1v) is 9.42. The second kappa shape index (κ2) is 8.99. The quantitative estimate of drug-likeness (QED) is 0.778. The maximum absolute atomic E-state index is 13.0. The number of carbonyl (C=O) groups excluding carboxylic acids is 2. The first kappa shape index (κ1) is 20.2. The zero-order chi connectivity index (χ0) is 19.3. The number of amides is 2. The minimum atomic E-state index is -0.543. The molecule has 0 heterocycles. The first-order chi connectivity index (χ1) is 12.3. The SMILES string of the molecule is CNC(=O)C(C)N(Cc1cccc(Br)c1)C(=O)Cc1ccc(C)c(C)c1. The normalized spacial score (nSPS) is 11.7. The number of hydrogen-bond acceptors (Lipinski definition) is 2. The summed E-state index contributed by atoms with van der Waals surface area (Å²) < 4.78 is 0.948. The molecule has 0 radical (unpaired) electrons. The number of hydrogen-bond donors (Lipinski definition) is 1. The van der Waals surface area contributed by atoms with E-state index in [1.54, 1.807) is 18.9 Å². The van der Waals surface area contributed by atoms with Gasteiger partial charge in [0.05, 0.1) is 6.42 Å². The van der Waals surface area contributed by atoms with Crippen LogP contribution >= 0.6 is 15.9 Å². The minimum absolute atomic E-state index is 0.0654. The molecule has 0 fully saturated rings. The van der Waals surface area contributed by atoms with Gasteiger partial charge in [-0.25, -0.2) is 0 Å². The molecule has 5 heteroatoms. The van der Waals surface area contributed by atoms with Crippen LogP contribution in [0.3, 0.4) is 0 Å². The molecule has 0 saturated heterocycles. The van der Waals surface area contributed by atoms with Crippen LogP contribution in [-0.2, 0) is 22.6 Å². The van der Waals surface area contributed by atoms with Crippen LogP contribution in [0.1, 0.15) is 29.2 Å². The number of rotatable bonds is 6. The van der Waals surface area contributed by atoms with Gasteiger partial charge < -0.3 is 10.2 Å². The Bertz CT molecular complexity index is 804. The smallest absolute Gasteiger partial charge is 0.242 e. The van der Waals surface area contributed by atoms with Crippen LogP contribution in [0.4, 0.5) is 0 Å². The molecule has 4 nitrogen and oxygen atoms in total. The molecule has 1 atom stereocenters. The molecule has 2 amide bonds. The number of aryl methyl sites for hydroxylation is 2. The largest absolute Gasteiger partial charge is 0.357 e. The molecular formula is C21H25BrN2O2. The van der Waals surface area contributed by atoms with Crippen LogP contribution in [0, 0.1) is 13.8 Å². The molecule has 138 valence electrons. The molecule has 0 aromatic heterocycles. The fourth-order valence-corrected chi connectivity index (χ4v) is 3.26. The van der Waals surface area contributed by atoms with Gasteiger partial charge in [-0.2, -0.15) is 0 Å². The lowest BCUT2D eigenvalue weighted by Gasteiger charge is -2.28. The molecule has 26 heavy (non-hydrogen) atoms. The molecule has 0 saturated carbocycles. The van der Waals surface area contributed by atoms with Crippen molar-refractivity contribution in [3.05, 3.63) is 69.2 Å². The van der Waals surface area contributed by atoms with Crippen molar-refractivity contribution in [2.24, 2.45) is 0 Å². The van der Waals surface area contributed by atoms with Crippen LogP contribution in [0.5, 0.6) is 0 Å². The van der Waals surface area contributed by atoms with Crippen molar-refractivity contribution < 1.29 is 9.59 Å². The second-order valence-corrected chi connectivity index (χ2v) is 7.45. The molecule has 2 rings (SSSR count). The lowest BCUT2D eigenvalue weighted by atomic mass is 10.0. The summed E-state index contributed by atoms with van der Waals surface area (Å²) >= 11 is 3.45. The van der Waals surface area contributed by atoms with Gasteiger partial charge in [-0.1, -0.05) is 46.3 Å². The van der Waals surface area contributed by atoms with Gasteiger partial charge in [-0.15, -0.1) is 0 Å². The zero-order valence-electron chi connectivity index (χ0n) is 15.7. The third-order valence-corrected chi connectivity index (χ3v) is 5.08. The molecule has 2 aromatic rings. The average Bonchev–Trinajstić information content (AvgIpc) is 2.61. The van der Waals surface area contributed by atoms with E-state index in [4.69, 9.17) is 0 Å². The highest BCUT2D eigenvalue weighted by atomic mass is 79.9. The van der Waals surface area contributed by atoms with Gasteiger partial charge >= 0.3 is 0 Å². The maximum atomic E-state index is 13.0. The van der Waals surface area contributed by atoms with E-state index < -0.39 is 6.04 Å². The Morgan fingerprint density at radius 3 is 2.42 bits per heavy atom. The van der Waals surface area contributed by atoms with E-state index in [0.717, 1.165) is 21.2 Å². The van der Waals surface area contributed by atoms with E-state index in [1.165, 1.54) is 5.56 Å². The molecule has 2 aromatic carbocycles. The second-order valence-electron chi connectivity index (χ2n) is 6.54. The van der Waals surface area contributed by atoms with Gasteiger partial charge in [0.25, 0.3) is 0 Å². The molecule has 0 aliphatic rings. The lowest BCUT2D eigenvalue weighted by molar-refractivity contribution is -0.139. The summed E-state index contributed by atoms with van der Waals surface area (Å²) in [6.45, 7) is 6.23. The molecule has 0 spiro atoms. The highest BCUT2D eigenvalue weighted by Gasteiger charge is 2.25. The summed E-state index contributed by atoms with van der Waals surface area (Å²) in [5.74, 6) is -0.238. The Hall–Kier alpha value is -2.14. The minimum Gasteiger partial charge on any atom is -0.357 e. The Kier molecular flexibility index (Phi) is 6.98. The van der Waals surface area contributed by atoms with Crippen molar-refractivity contribution in [2.45, 2.75) is 39.8 Å². The monoisotopic (exact) mass is 416 g/mol. The molecule has 0 aliphatic heterocycles. The predicted molar refractivity (Wildman–Crippen MR) is 108 cm³/mol. The Morgan fingerprint density at radius 2 is 1.81 bits per heavy atom. The van der Waals surface area contributed by atoms with E-state index in [9.17, 15) is 9.59 Å². The Morgan fingerprint density at radius 1 is 1.08 bits per heavy atom. The van der Waals surface area contributed by atoms with Gasteiger partial charge in [0.15, 0.2) is 0 Å². The average molecular weight is 417 g/mol. The van der Waals surface area contributed by atoms with Gasteiger partial charge in [0, 0.05) is 18.1 Å².